The molecule has 1 aliphatic heterocycles. The van der Waals surface area contributed by atoms with Crippen molar-refractivity contribution in [3.8, 4) is 0 Å². The summed E-state index contributed by atoms with van der Waals surface area (Å²) >= 11 is 6.00. The first-order valence-corrected chi connectivity index (χ1v) is 14.6. The van der Waals surface area contributed by atoms with Gasteiger partial charge in [-0.05, 0) is 60.8 Å². The Bertz CT molecular complexity index is 1320. The van der Waals surface area contributed by atoms with Crippen LogP contribution >= 0.6 is 11.6 Å². The highest BCUT2D eigenvalue weighted by Crippen LogP contribution is 2.34. The van der Waals surface area contributed by atoms with Crippen molar-refractivity contribution in [2.45, 2.75) is 63.3 Å². The Morgan fingerprint density at radius 2 is 1.87 bits per heavy atom. The van der Waals surface area contributed by atoms with Gasteiger partial charge in [0, 0.05) is 36.6 Å². The van der Waals surface area contributed by atoms with Crippen LogP contribution in [0.25, 0.3) is 0 Å². The van der Waals surface area contributed by atoms with Gasteiger partial charge in [0.2, 0.25) is 5.91 Å². The largest absolute Gasteiger partial charge is 0.416 e. The fraction of sp³-hybridized carbons (Fsp3) is 0.462. The van der Waals surface area contributed by atoms with Crippen molar-refractivity contribution in [2.75, 3.05) is 18.8 Å². The molecule has 0 bridgehead atoms. The number of halogens is 4. The summed E-state index contributed by atoms with van der Waals surface area (Å²) in [6, 6.07) is 7.23. The van der Waals surface area contributed by atoms with Crippen LogP contribution in [0.5, 0.6) is 0 Å². The molecular weight excluding hydrogens is 557 g/mol. The average Bonchev–Trinajstić information content (AvgIpc) is 2.90. The molecule has 3 rings (SSSR count). The van der Waals surface area contributed by atoms with Crippen molar-refractivity contribution in [3.63, 3.8) is 0 Å². The number of amides is 2. The number of nitrogens with two attached hydrogens (primary N) is 1. The highest BCUT2D eigenvalue weighted by Gasteiger charge is 2.35. The molecule has 1 atom stereocenters. The molecule has 13 heteroatoms. The van der Waals surface area contributed by atoms with E-state index in [9.17, 15) is 31.2 Å². The molecule has 1 aliphatic rings. The van der Waals surface area contributed by atoms with E-state index in [1.165, 1.54) is 42.3 Å². The van der Waals surface area contributed by atoms with Gasteiger partial charge >= 0.3 is 6.18 Å². The summed E-state index contributed by atoms with van der Waals surface area (Å²) in [7, 11) is -3.61. The molecule has 0 aliphatic carbocycles. The number of benzene rings is 2. The standard InChI is InChI=1S/C26H32ClF3N4O4S/c1-3-24(35)34(31)21-6-5-11-33(16-21)15-18-8-7-17(13-22(18)26(28,29)30)25(36)32-14-19-12-20(27)9-10-23(19)39(37,38)4-2/h7-10,12-13,21H,3-6,11,14-16,31H2,1-2H3,(H,32,36)/t21-/m0/s1. The number of sulfone groups is 1. The number of carbonyl (C=O) groups excluding carboxylic acids is 2. The topological polar surface area (TPSA) is 113 Å². The van der Waals surface area contributed by atoms with Crippen LogP contribution in [0.15, 0.2) is 41.3 Å². The minimum absolute atomic E-state index is 0.00227. The molecule has 1 saturated heterocycles. The van der Waals surface area contributed by atoms with Gasteiger partial charge in [0.05, 0.1) is 22.3 Å². The van der Waals surface area contributed by atoms with Crippen LogP contribution in [0.2, 0.25) is 5.02 Å². The third-order valence-corrected chi connectivity index (χ3v) is 8.78. The lowest BCUT2D eigenvalue weighted by molar-refractivity contribution is -0.138. The molecule has 8 nitrogen and oxygen atoms in total. The van der Waals surface area contributed by atoms with E-state index in [-0.39, 0.29) is 63.8 Å². The number of rotatable bonds is 9. The van der Waals surface area contributed by atoms with E-state index in [1.54, 1.807) is 6.92 Å². The average molecular weight is 589 g/mol. The molecule has 0 spiro atoms. The van der Waals surface area contributed by atoms with Crippen LogP contribution in [-0.2, 0) is 33.9 Å². The zero-order valence-corrected chi connectivity index (χ0v) is 23.3. The van der Waals surface area contributed by atoms with Gasteiger partial charge in [-0.3, -0.25) is 19.5 Å². The van der Waals surface area contributed by atoms with E-state index < -0.39 is 27.5 Å². The van der Waals surface area contributed by atoms with Crippen molar-refractivity contribution >= 4 is 33.3 Å². The lowest BCUT2D eigenvalue weighted by Crippen LogP contribution is -2.53. The molecule has 2 aromatic rings. The lowest BCUT2D eigenvalue weighted by atomic mass is 10.00. The summed E-state index contributed by atoms with van der Waals surface area (Å²) < 4.78 is 66.8. The second-order valence-electron chi connectivity index (χ2n) is 9.39. The van der Waals surface area contributed by atoms with Crippen LogP contribution in [0.1, 0.15) is 60.2 Å². The van der Waals surface area contributed by atoms with Crippen LogP contribution in [0, 0.1) is 0 Å². The second-order valence-corrected chi connectivity index (χ2v) is 12.1. The first-order chi connectivity index (χ1) is 18.3. The van der Waals surface area contributed by atoms with Crippen LogP contribution in [0.4, 0.5) is 13.2 Å². The van der Waals surface area contributed by atoms with Gasteiger partial charge in [-0.25, -0.2) is 14.3 Å². The number of nitrogens with zero attached hydrogens (tertiary/aromatic N) is 2. The summed E-state index contributed by atoms with van der Waals surface area (Å²) in [6.45, 7) is 3.79. The van der Waals surface area contributed by atoms with Crippen LogP contribution < -0.4 is 11.2 Å². The van der Waals surface area contributed by atoms with E-state index >= 15 is 0 Å². The number of hydrazine groups is 1. The molecule has 0 saturated carbocycles. The molecule has 0 aromatic heterocycles. The zero-order chi connectivity index (χ0) is 29.0. The molecule has 3 N–H and O–H groups in total. The Balaban J connectivity index is 1.79. The summed E-state index contributed by atoms with van der Waals surface area (Å²) in [5, 5.41) is 3.93. The van der Waals surface area contributed by atoms with E-state index in [4.69, 9.17) is 17.4 Å². The fourth-order valence-corrected chi connectivity index (χ4v) is 5.88. The Morgan fingerprint density at radius 3 is 2.51 bits per heavy atom. The number of likely N-dealkylation sites (tertiary alicyclic amines) is 1. The highest BCUT2D eigenvalue weighted by molar-refractivity contribution is 7.91. The van der Waals surface area contributed by atoms with Gasteiger partial charge in [0.25, 0.3) is 5.91 Å². The first-order valence-electron chi connectivity index (χ1n) is 12.5. The molecule has 214 valence electrons. The van der Waals surface area contributed by atoms with Gasteiger partial charge in [-0.2, -0.15) is 13.2 Å². The van der Waals surface area contributed by atoms with E-state index in [0.717, 1.165) is 6.07 Å². The Morgan fingerprint density at radius 1 is 1.15 bits per heavy atom. The number of carbonyl (C=O) groups is 2. The minimum Gasteiger partial charge on any atom is -0.348 e. The molecule has 1 heterocycles. The summed E-state index contributed by atoms with van der Waals surface area (Å²) in [5.74, 6) is 4.74. The maximum Gasteiger partial charge on any atom is 0.416 e. The molecule has 0 unspecified atom stereocenters. The van der Waals surface area contributed by atoms with E-state index in [1.807, 2.05) is 4.90 Å². The number of piperidine rings is 1. The third kappa shape index (κ3) is 7.71. The van der Waals surface area contributed by atoms with Crippen molar-refractivity contribution in [3.05, 3.63) is 63.7 Å². The Labute approximate surface area is 231 Å². The lowest BCUT2D eigenvalue weighted by Gasteiger charge is -2.37. The predicted molar refractivity (Wildman–Crippen MR) is 141 cm³/mol. The first kappa shape index (κ1) is 30.9. The Kier molecular flexibility index (Phi) is 10.0. The predicted octanol–water partition coefficient (Wildman–Crippen LogP) is 4.16. The normalized spacial score (nSPS) is 16.6. The number of hydrogen-bond acceptors (Lipinski definition) is 6. The molecule has 39 heavy (non-hydrogen) atoms. The van der Waals surface area contributed by atoms with Gasteiger partial charge in [0.15, 0.2) is 9.84 Å². The smallest absolute Gasteiger partial charge is 0.348 e. The van der Waals surface area contributed by atoms with Gasteiger partial charge in [-0.15, -0.1) is 0 Å². The third-order valence-electron chi connectivity index (χ3n) is 6.71. The molecule has 2 aromatic carbocycles. The quantitative estimate of drug-likeness (QED) is 0.258. The second kappa shape index (κ2) is 12.7. The Hall–Kier alpha value is -2.67. The molecule has 0 radical (unpaired) electrons. The van der Waals surface area contributed by atoms with Crippen molar-refractivity contribution < 1.29 is 31.2 Å². The molecular formula is C26H32ClF3N4O4S. The van der Waals surface area contributed by atoms with Crippen LogP contribution in [0.3, 0.4) is 0 Å². The maximum atomic E-state index is 14.0. The van der Waals surface area contributed by atoms with Crippen LogP contribution in [-0.4, -0.2) is 55.0 Å². The summed E-state index contributed by atoms with van der Waals surface area (Å²) in [4.78, 5) is 26.6. The fourth-order valence-electron chi connectivity index (χ4n) is 4.57. The molecule has 1 fully saturated rings. The monoisotopic (exact) mass is 588 g/mol. The van der Waals surface area contributed by atoms with Crippen molar-refractivity contribution in [1.82, 2.24) is 15.2 Å². The highest BCUT2D eigenvalue weighted by atomic mass is 35.5. The maximum absolute atomic E-state index is 14.0. The SMILES string of the molecule is CCC(=O)N(N)[C@H]1CCCN(Cc2ccc(C(=O)NCc3cc(Cl)ccc3S(=O)(=O)CC)cc2C(F)(F)F)C1. The number of hydrogen-bond donors (Lipinski definition) is 2. The van der Waals surface area contributed by atoms with Crippen molar-refractivity contribution in [2.24, 2.45) is 5.84 Å². The molecule has 2 amide bonds. The van der Waals surface area contributed by atoms with Crippen molar-refractivity contribution in [1.29, 1.82) is 0 Å². The van der Waals surface area contributed by atoms with Gasteiger partial charge in [-0.1, -0.05) is 31.5 Å². The summed E-state index contributed by atoms with van der Waals surface area (Å²) in [6.07, 6.45) is -3.13. The number of nitrogens with one attached hydrogen (secondary N) is 1. The van der Waals surface area contributed by atoms with E-state index in [0.29, 0.717) is 25.9 Å². The van der Waals surface area contributed by atoms with E-state index in [2.05, 4.69) is 5.32 Å². The minimum atomic E-state index is -4.71. The van der Waals surface area contributed by atoms with Gasteiger partial charge < -0.3 is 5.32 Å². The van der Waals surface area contributed by atoms with Gasteiger partial charge in [0.1, 0.15) is 0 Å². The number of alkyl halides is 3. The summed E-state index contributed by atoms with van der Waals surface area (Å²) in [5.41, 5.74) is -0.925. The zero-order valence-electron chi connectivity index (χ0n) is 21.7.